The second-order valence-corrected chi connectivity index (χ2v) is 11.3. The summed E-state index contributed by atoms with van der Waals surface area (Å²) in [5, 5.41) is 27.8. The van der Waals surface area contributed by atoms with E-state index in [0.717, 1.165) is 4.70 Å². The summed E-state index contributed by atoms with van der Waals surface area (Å²) in [6.07, 6.45) is 0. The van der Waals surface area contributed by atoms with Crippen LogP contribution in [0.3, 0.4) is 0 Å². The number of aliphatic carboxylic acids is 1. The highest BCUT2D eigenvalue weighted by atomic mass is 35.5. The number of carbonyl (C=O) groups excluding carboxylic acids is 3. The Morgan fingerprint density at radius 3 is 2.23 bits per heavy atom. The van der Waals surface area contributed by atoms with Crippen LogP contribution in [0, 0.1) is 0 Å². The SMILES string of the molecule is O=C(NCc1cccc(O)c1)c1ccc(C(=O)N[C@@H](CNC(=O)c2ccc3c(=O)c4ccccc4sc3c2)C(=O)O)c(Cl)c1. The van der Waals surface area contributed by atoms with E-state index in [2.05, 4.69) is 16.0 Å². The van der Waals surface area contributed by atoms with Gasteiger partial charge in [0.2, 0.25) is 0 Å². The van der Waals surface area contributed by atoms with E-state index in [-0.39, 0.29) is 39.4 Å². The van der Waals surface area contributed by atoms with Gasteiger partial charge in [-0.15, -0.1) is 11.3 Å². The molecule has 12 heteroatoms. The summed E-state index contributed by atoms with van der Waals surface area (Å²) in [6, 6.07) is 20.6. The zero-order valence-electron chi connectivity index (χ0n) is 22.8. The van der Waals surface area contributed by atoms with Crippen LogP contribution in [-0.4, -0.2) is 46.5 Å². The van der Waals surface area contributed by atoms with Crippen molar-refractivity contribution in [3.63, 3.8) is 0 Å². The first kappa shape index (κ1) is 30.2. The zero-order valence-corrected chi connectivity index (χ0v) is 24.4. The number of nitrogens with one attached hydrogen (secondary N) is 3. The molecule has 4 aromatic carbocycles. The molecular weight excluding hydrogens is 606 g/mol. The number of carboxylic acids is 1. The van der Waals surface area contributed by atoms with Gasteiger partial charge in [-0.3, -0.25) is 19.2 Å². The highest BCUT2D eigenvalue weighted by Gasteiger charge is 2.23. The van der Waals surface area contributed by atoms with Gasteiger partial charge < -0.3 is 26.2 Å². The lowest BCUT2D eigenvalue weighted by molar-refractivity contribution is -0.139. The van der Waals surface area contributed by atoms with Gasteiger partial charge in [0.25, 0.3) is 17.7 Å². The Bertz CT molecular complexity index is 2010. The normalized spacial score (nSPS) is 11.6. The Hall–Kier alpha value is -5.26. The van der Waals surface area contributed by atoms with Crippen molar-refractivity contribution >= 4 is 66.8 Å². The highest BCUT2D eigenvalue weighted by Crippen LogP contribution is 2.25. The van der Waals surface area contributed by atoms with Crippen molar-refractivity contribution in [2.24, 2.45) is 0 Å². The number of amides is 3. The minimum atomic E-state index is -1.49. The molecule has 5 rings (SSSR count). The van der Waals surface area contributed by atoms with Crippen LogP contribution in [0.15, 0.2) is 89.7 Å². The van der Waals surface area contributed by atoms with Crippen molar-refractivity contribution in [3.05, 3.63) is 122 Å². The smallest absolute Gasteiger partial charge is 0.328 e. The molecule has 0 bridgehead atoms. The topological polar surface area (TPSA) is 162 Å². The molecular formula is C32H24ClN3O7S. The van der Waals surface area contributed by atoms with Gasteiger partial charge in [0.15, 0.2) is 5.43 Å². The number of phenols is 1. The van der Waals surface area contributed by atoms with E-state index >= 15 is 0 Å². The summed E-state index contributed by atoms with van der Waals surface area (Å²) in [5.41, 5.74) is 0.863. The minimum Gasteiger partial charge on any atom is -0.508 e. The first-order valence-electron chi connectivity index (χ1n) is 13.2. The molecule has 5 aromatic rings. The van der Waals surface area contributed by atoms with Crippen LogP contribution in [0.25, 0.3) is 20.2 Å². The van der Waals surface area contributed by atoms with Crippen LogP contribution < -0.4 is 21.4 Å². The molecule has 222 valence electrons. The maximum atomic E-state index is 12.9. The summed E-state index contributed by atoms with van der Waals surface area (Å²) in [7, 11) is 0. The van der Waals surface area contributed by atoms with Gasteiger partial charge >= 0.3 is 5.97 Å². The fourth-order valence-corrected chi connectivity index (χ4v) is 5.84. The molecule has 1 atom stereocenters. The Balaban J connectivity index is 1.22. The lowest BCUT2D eigenvalue weighted by Gasteiger charge is -2.16. The van der Waals surface area contributed by atoms with Gasteiger partial charge in [0, 0.05) is 44.4 Å². The van der Waals surface area contributed by atoms with E-state index < -0.39 is 36.3 Å². The second kappa shape index (κ2) is 12.9. The third-order valence-corrected chi connectivity index (χ3v) is 8.20. The number of carbonyl (C=O) groups is 4. The van der Waals surface area contributed by atoms with Crippen molar-refractivity contribution in [2.45, 2.75) is 12.6 Å². The Kier molecular flexibility index (Phi) is 8.88. The molecule has 1 heterocycles. The molecule has 0 unspecified atom stereocenters. The molecule has 0 aliphatic rings. The lowest BCUT2D eigenvalue weighted by atomic mass is 10.1. The standard InChI is InChI=1S/C32H24ClN3O7S/c33-24-13-18(29(39)34-15-17-4-3-5-20(37)12-17)8-10-21(24)31(41)36-25(32(42)43)16-35-30(40)19-9-11-23-27(14-19)44-26-7-2-1-6-22(26)28(23)38/h1-14,25,37H,15-16H2,(H,34,39)(H,35,40)(H,36,41)(H,42,43)/t25-/m0/s1. The Morgan fingerprint density at radius 1 is 0.773 bits per heavy atom. The second-order valence-electron chi connectivity index (χ2n) is 9.76. The monoisotopic (exact) mass is 629 g/mol. The molecule has 0 radical (unpaired) electrons. The molecule has 3 amide bonds. The lowest BCUT2D eigenvalue weighted by Crippen LogP contribution is -2.48. The number of hydrogen-bond donors (Lipinski definition) is 5. The summed E-state index contributed by atoms with van der Waals surface area (Å²) in [6.45, 7) is -0.283. The number of hydrogen-bond acceptors (Lipinski definition) is 7. The van der Waals surface area contributed by atoms with Crippen LogP contribution in [0.4, 0.5) is 0 Å². The highest BCUT2D eigenvalue weighted by molar-refractivity contribution is 7.24. The largest absolute Gasteiger partial charge is 0.508 e. The third kappa shape index (κ3) is 6.69. The van der Waals surface area contributed by atoms with Gasteiger partial charge in [0.05, 0.1) is 10.6 Å². The van der Waals surface area contributed by atoms with E-state index in [0.29, 0.717) is 21.0 Å². The van der Waals surface area contributed by atoms with E-state index in [1.165, 1.54) is 47.7 Å². The van der Waals surface area contributed by atoms with Crippen molar-refractivity contribution in [3.8, 4) is 5.75 Å². The quantitative estimate of drug-likeness (QED) is 0.152. The van der Waals surface area contributed by atoms with Crippen molar-refractivity contribution in [2.75, 3.05) is 6.54 Å². The predicted molar refractivity (Wildman–Crippen MR) is 168 cm³/mol. The molecule has 0 aliphatic carbocycles. The van der Waals surface area contributed by atoms with Gasteiger partial charge in [-0.05, 0) is 66.2 Å². The van der Waals surface area contributed by atoms with Crippen LogP contribution in [0.5, 0.6) is 5.75 Å². The molecule has 1 aromatic heterocycles. The first-order chi connectivity index (χ1) is 21.1. The number of phenolic OH excluding ortho intramolecular Hbond substituents is 1. The Morgan fingerprint density at radius 2 is 1.48 bits per heavy atom. The number of rotatable bonds is 9. The fourth-order valence-electron chi connectivity index (χ4n) is 4.47. The molecule has 5 N–H and O–H groups in total. The molecule has 0 saturated heterocycles. The number of benzene rings is 4. The van der Waals surface area contributed by atoms with E-state index in [4.69, 9.17) is 11.6 Å². The average molecular weight is 630 g/mol. The predicted octanol–water partition coefficient (Wildman–Crippen LogP) is 4.32. The van der Waals surface area contributed by atoms with Crippen LogP contribution in [0.1, 0.15) is 36.6 Å². The van der Waals surface area contributed by atoms with Crippen LogP contribution >= 0.6 is 22.9 Å². The average Bonchev–Trinajstić information content (AvgIpc) is 3.01. The van der Waals surface area contributed by atoms with E-state index in [1.54, 1.807) is 36.4 Å². The van der Waals surface area contributed by atoms with E-state index in [1.807, 2.05) is 12.1 Å². The van der Waals surface area contributed by atoms with Crippen molar-refractivity contribution < 1.29 is 29.4 Å². The maximum Gasteiger partial charge on any atom is 0.328 e. The minimum absolute atomic E-state index is 0.0644. The summed E-state index contributed by atoms with van der Waals surface area (Å²) in [4.78, 5) is 63.0. The third-order valence-electron chi connectivity index (χ3n) is 6.75. The van der Waals surface area contributed by atoms with Gasteiger partial charge in [-0.25, -0.2) is 4.79 Å². The van der Waals surface area contributed by atoms with E-state index in [9.17, 15) is 34.2 Å². The molecule has 10 nitrogen and oxygen atoms in total. The number of carboxylic acid groups (broad SMARTS) is 1. The van der Waals surface area contributed by atoms with Crippen molar-refractivity contribution in [1.29, 1.82) is 0 Å². The Labute approximate surface area is 258 Å². The summed E-state index contributed by atoms with van der Waals surface area (Å²) in [5.74, 6) is -3.19. The molecule has 44 heavy (non-hydrogen) atoms. The maximum absolute atomic E-state index is 12.9. The molecule has 0 fully saturated rings. The summed E-state index contributed by atoms with van der Waals surface area (Å²) >= 11 is 7.62. The van der Waals surface area contributed by atoms with Gasteiger partial charge in [-0.1, -0.05) is 35.9 Å². The van der Waals surface area contributed by atoms with Crippen LogP contribution in [-0.2, 0) is 11.3 Å². The van der Waals surface area contributed by atoms with Gasteiger partial charge in [-0.2, -0.15) is 0 Å². The zero-order chi connectivity index (χ0) is 31.4. The number of halogens is 1. The number of fused-ring (bicyclic) bond motifs is 2. The fraction of sp³-hybridized carbons (Fsp3) is 0.0938. The van der Waals surface area contributed by atoms with Crippen molar-refractivity contribution in [1.82, 2.24) is 16.0 Å². The molecule has 0 aliphatic heterocycles. The van der Waals surface area contributed by atoms with Crippen LogP contribution in [0.2, 0.25) is 5.02 Å². The summed E-state index contributed by atoms with van der Waals surface area (Å²) < 4.78 is 1.38. The first-order valence-corrected chi connectivity index (χ1v) is 14.4. The number of aromatic hydroxyl groups is 1. The molecule has 0 spiro atoms. The molecule has 0 saturated carbocycles. The van der Waals surface area contributed by atoms with Gasteiger partial charge in [0.1, 0.15) is 11.8 Å².